The highest BCUT2D eigenvalue weighted by Gasteiger charge is 2.22. The Bertz CT molecular complexity index is 793. The molecule has 2 aromatic rings. The molecule has 2 N–H and O–H groups in total. The molecule has 3 rings (SSSR count). The lowest BCUT2D eigenvalue weighted by atomic mass is 10.1. The van der Waals surface area contributed by atoms with Crippen molar-refractivity contribution in [2.75, 3.05) is 12.0 Å². The summed E-state index contributed by atoms with van der Waals surface area (Å²) in [6.07, 6.45) is 6.92. The summed E-state index contributed by atoms with van der Waals surface area (Å²) in [6.45, 7) is 1.22. The van der Waals surface area contributed by atoms with Crippen molar-refractivity contribution in [2.45, 2.75) is 51.2 Å². The number of rotatable bonds is 8. The van der Waals surface area contributed by atoms with Crippen LogP contribution in [0.3, 0.4) is 0 Å². The lowest BCUT2D eigenvalue weighted by molar-refractivity contribution is -0.123. The second-order valence-corrected chi connectivity index (χ2v) is 7.87. The third-order valence-electron chi connectivity index (χ3n) is 4.88. The predicted octanol–water partition coefficient (Wildman–Crippen LogP) is 2.17. The highest BCUT2D eigenvalue weighted by molar-refractivity contribution is 7.98. The van der Waals surface area contributed by atoms with Gasteiger partial charge < -0.3 is 15.2 Å². The Balaban J connectivity index is 1.61. The van der Waals surface area contributed by atoms with E-state index in [1.54, 1.807) is 23.9 Å². The number of aromatic nitrogens is 3. The molecule has 0 unspecified atom stereocenters. The normalized spacial score (nSPS) is 14.6. The van der Waals surface area contributed by atoms with Crippen LogP contribution in [0.2, 0.25) is 0 Å². The Morgan fingerprint density at radius 2 is 2.00 bits per heavy atom. The molecular formula is C20H27N5O2S. The van der Waals surface area contributed by atoms with E-state index in [-0.39, 0.29) is 11.8 Å². The zero-order valence-electron chi connectivity index (χ0n) is 16.2. The number of hydrogen-bond donors (Lipinski definition) is 2. The molecule has 0 aliphatic carbocycles. The summed E-state index contributed by atoms with van der Waals surface area (Å²) in [5.41, 5.74) is 0.548. The fourth-order valence-electron chi connectivity index (χ4n) is 3.30. The maximum Gasteiger partial charge on any atom is 0.251 e. The lowest BCUT2D eigenvalue weighted by Crippen LogP contribution is -2.47. The largest absolute Gasteiger partial charge is 0.347 e. The number of aryl methyl sites for hydroxylation is 1. The van der Waals surface area contributed by atoms with E-state index in [1.807, 2.05) is 24.5 Å². The van der Waals surface area contributed by atoms with Crippen molar-refractivity contribution in [3.05, 3.63) is 47.5 Å². The number of carbonyl (C=O) groups is 2. The Morgan fingerprint density at radius 3 is 2.79 bits per heavy atom. The van der Waals surface area contributed by atoms with Gasteiger partial charge in [-0.1, -0.05) is 24.6 Å². The molecule has 0 saturated carbocycles. The van der Waals surface area contributed by atoms with Crippen LogP contribution >= 0.6 is 11.8 Å². The first kappa shape index (κ1) is 20.4. The molecular weight excluding hydrogens is 374 g/mol. The standard InChI is InChI=1S/C20H27N5O2S/c1-28-13-11-16(22-19(26)15-8-4-2-5-9-15)20(27)21-14-18-24-23-17-10-6-3-7-12-25(17)18/h2,4-5,8-9,16H,3,6-7,10-14H2,1H3,(H,21,27)(H,22,26)/t16-/m1/s1. The van der Waals surface area contributed by atoms with E-state index in [0.717, 1.165) is 43.2 Å². The maximum atomic E-state index is 12.8. The van der Waals surface area contributed by atoms with Crippen LogP contribution in [0.1, 0.15) is 47.7 Å². The van der Waals surface area contributed by atoms with Gasteiger partial charge in [-0.2, -0.15) is 11.8 Å². The lowest BCUT2D eigenvalue weighted by Gasteiger charge is -2.18. The van der Waals surface area contributed by atoms with E-state index in [0.29, 0.717) is 18.5 Å². The summed E-state index contributed by atoms with van der Waals surface area (Å²) in [7, 11) is 0. The first-order valence-corrected chi connectivity index (χ1v) is 11.1. The SMILES string of the molecule is CSCC[C@@H](NC(=O)c1ccccc1)C(=O)NCc1nnc2n1CCCCC2. The average Bonchev–Trinajstić information content (AvgIpc) is 2.95. The van der Waals surface area contributed by atoms with Crippen molar-refractivity contribution >= 4 is 23.6 Å². The number of nitrogens with zero attached hydrogens (tertiary/aromatic N) is 3. The Morgan fingerprint density at radius 1 is 1.18 bits per heavy atom. The molecule has 28 heavy (non-hydrogen) atoms. The second kappa shape index (κ2) is 10.3. The van der Waals surface area contributed by atoms with Gasteiger partial charge in [-0.15, -0.1) is 10.2 Å². The zero-order chi connectivity index (χ0) is 19.8. The van der Waals surface area contributed by atoms with Crippen molar-refractivity contribution in [1.82, 2.24) is 25.4 Å². The molecule has 1 atom stereocenters. The number of amides is 2. The van der Waals surface area contributed by atoms with Gasteiger partial charge in [0.2, 0.25) is 5.91 Å². The summed E-state index contributed by atoms with van der Waals surface area (Å²) >= 11 is 1.65. The molecule has 0 bridgehead atoms. The molecule has 1 aromatic heterocycles. The fourth-order valence-corrected chi connectivity index (χ4v) is 3.77. The monoisotopic (exact) mass is 401 g/mol. The van der Waals surface area contributed by atoms with E-state index >= 15 is 0 Å². The van der Waals surface area contributed by atoms with Crippen LogP contribution in [-0.2, 0) is 24.3 Å². The van der Waals surface area contributed by atoms with Gasteiger partial charge in [0.15, 0.2) is 5.82 Å². The van der Waals surface area contributed by atoms with Crippen molar-refractivity contribution < 1.29 is 9.59 Å². The van der Waals surface area contributed by atoms with Gasteiger partial charge in [0.1, 0.15) is 11.9 Å². The Hall–Kier alpha value is -2.35. The minimum Gasteiger partial charge on any atom is -0.347 e. The highest BCUT2D eigenvalue weighted by Crippen LogP contribution is 2.14. The molecule has 150 valence electrons. The number of fused-ring (bicyclic) bond motifs is 1. The molecule has 1 aliphatic heterocycles. The number of benzene rings is 1. The summed E-state index contributed by atoms with van der Waals surface area (Å²) in [6, 6.07) is 8.38. The number of thioether (sulfide) groups is 1. The summed E-state index contributed by atoms with van der Waals surface area (Å²) < 4.78 is 2.12. The molecule has 0 fully saturated rings. The van der Waals surface area contributed by atoms with Crippen LogP contribution in [0.15, 0.2) is 30.3 Å². The molecule has 1 aromatic carbocycles. The minimum absolute atomic E-state index is 0.190. The molecule has 1 aliphatic rings. The van der Waals surface area contributed by atoms with Gasteiger partial charge in [-0.3, -0.25) is 9.59 Å². The Labute approximate surface area is 169 Å². The van der Waals surface area contributed by atoms with Crippen LogP contribution in [-0.4, -0.2) is 44.6 Å². The fraction of sp³-hybridized carbons (Fsp3) is 0.500. The van der Waals surface area contributed by atoms with Gasteiger partial charge in [0, 0.05) is 18.5 Å². The van der Waals surface area contributed by atoms with E-state index in [9.17, 15) is 9.59 Å². The molecule has 8 heteroatoms. The molecule has 0 spiro atoms. The average molecular weight is 402 g/mol. The van der Waals surface area contributed by atoms with Crippen LogP contribution in [0.25, 0.3) is 0 Å². The van der Waals surface area contributed by atoms with Gasteiger partial charge in [-0.25, -0.2) is 0 Å². The molecule has 0 saturated heterocycles. The van der Waals surface area contributed by atoms with Crippen molar-refractivity contribution in [2.24, 2.45) is 0 Å². The summed E-state index contributed by atoms with van der Waals surface area (Å²) in [5, 5.41) is 14.3. The van der Waals surface area contributed by atoms with E-state index in [1.165, 1.54) is 6.42 Å². The quantitative estimate of drug-likeness (QED) is 0.708. The van der Waals surface area contributed by atoms with Gasteiger partial charge in [0.25, 0.3) is 5.91 Å². The van der Waals surface area contributed by atoms with Crippen molar-refractivity contribution in [3.63, 3.8) is 0 Å². The van der Waals surface area contributed by atoms with Gasteiger partial charge >= 0.3 is 0 Å². The van der Waals surface area contributed by atoms with Crippen LogP contribution in [0, 0.1) is 0 Å². The number of hydrogen-bond acceptors (Lipinski definition) is 5. The summed E-state index contributed by atoms with van der Waals surface area (Å²) in [4.78, 5) is 25.2. The number of carbonyl (C=O) groups excluding carboxylic acids is 2. The molecule has 2 heterocycles. The molecule has 2 amide bonds. The van der Waals surface area contributed by atoms with Crippen LogP contribution in [0.5, 0.6) is 0 Å². The summed E-state index contributed by atoms with van der Waals surface area (Å²) in [5.74, 6) is 2.14. The smallest absolute Gasteiger partial charge is 0.251 e. The van der Waals surface area contributed by atoms with E-state index < -0.39 is 6.04 Å². The second-order valence-electron chi connectivity index (χ2n) is 6.89. The molecule has 0 radical (unpaired) electrons. The molecule has 7 nitrogen and oxygen atoms in total. The van der Waals surface area contributed by atoms with Crippen molar-refractivity contribution in [3.8, 4) is 0 Å². The first-order chi connectivity index (χ1) is 13.7. The third kappa shape index (κ3) is 5.34. The van der Waals surface area contributed by atoms with E-state index in [4.69, 9.17) is 0 Å². The first-order valence-electron chi connectivity index (χ1n) is 9.72. The Kier molecular flexibility index (Phi) is 7.47. The predicted molar refractivity (Wildman–Crippen MR) is 110 cm³/mol. The van der Waals surface area contributed by atoms with E-state index in [2.05, 4.69) is 25.4 Å². The minimum atomic E-state index is -0.577. The third-order valence-corrected chi connectivity index (χ3v) is 5.52. The van der Waals surface area contributed by atoms with Crippen LogP contribution < -0.4 is 10.6 Å². The van der Waals surface area contributed by atoms with Crippen LogP contribution in [0.4, 0.5) is 0 Å². The van der Waals surface area contributed by atoms with Gasteiger partial charge in [-0.05, 0) is 43.4 Å². The highest BCUT2D eigenvalue weighted by atomic mass is 32.2. The maximum absolute atomic E-state index is 12.8. The number of nitrogens with one attached hydrogen (secondary N) is 2. The van der Waals surface area contributed by atoms with Crippen molar-refractivity contribution in [1.29, 1.82) is 0 Å². The van der Waals surface area contributed by atoms with Gasteiger partial charge in [0.05, 0.1) is 6.54 Å². The topological polar surface area (TPSA) is 88.9 Å². The zero-order valence-corrected chi connectivity index (χ0v) is 17.0.